The topological polar surface area (TPSA) is 92.5 Å². The van der Waals surface area contributed by atoms with Crippen LogP contribution >= 0.6 is 0 Å². The summed E-state index contributed by atoms with van der Waals surface area (Å²) in [6, 6.07) is 16.5. The summed E-state index contributed by atoms with van der Waals surface area (Å²) in [5, 5.41) is 7.60. The number of aromatic amines is 1. The standard InChI is InChI=1S/C26H31N3O4/c1-4-16(2)22(29-26(31)33-15-17-10-6-5-7-11-17)24-23-19(14-21(28-24)25(30)32-3)18-12-8-9-13-20(18)27-23/h5-13,16,21-22,24,27-28H,4,14-15H2,1-3H3,(H,29,31)/t16-,21-,22-,24+/m0/s1. The third kappa shape index (κ3) is 4.88. The Bertz CT molecular complexity index is 1110. The van der Waals surface area contributed by atoms with Crippen LogP contribution in [0.1, 0.15) is 43.1 Å². The van der Waals surface area contributed by atoms with E-state index >= 15 is 0 Å². The van der Waals surface area contributed by atoms with Crippen LogP contribution in [0.5, 0.6) is 0 Å². The van der Waals surface area contributed by atoms with E-state index in [4.69, 9.17) is 9.47 Å². The molecule has 174 valence electrons. The smallest absolute Gasteiger partial charge is 0.407 e. The van der Waals surface area contributed by atoms with Gasteiger partial charge in [0.2, 0.25) is 0 Å². The van der Waals surface area contributed by atoms with E-state index in [0.29, 0.717) is 6.42 Å². The molecule has 7 heteroatoms. The molecule has 2 aromatic carbocycles. The molecule has 3 aromatic rings. The molecule has 0 unspecified atom stereocenters. The Balaban J connectivity index is 1.63. The summed E-state index contributed by atoms with van der Waals surface area (Å²) in [7, 11) is 1.40. The first kappa shape index (κ1) is 22.9. The Morgan fingerprint density at radius 3 is 2.58 bits per heavy atom. The highest BCUT2D eigenvalue weighted by atomic mass is 16.5. The third-order valence-corrected chi connectivity index (χ3v) is 6.55. The zero-order chi connectivity index (χ0) is 23.4. The number of ether oxygens (including phenoxy) is 2. The molecule has 4 atom stereocenters. The molecule has 0 aliphatic carbocycles. The van der Waals surface area contributed by atoms with Gasteiger partial charge in [-0.15, -0.1) is 0 Å². The summed E-state index contributed by atoms with van der Waals surface area (Å²) in [6.07, 6.45) is 0.887. The minimum absolute atomic E-state index is 0.127. The lowest BCUT2D eigenvalue weighted by Gasteiger charge is -2.37. The summed E-state index contributed by atoms with van der Waals surface area (Å²) >= 11 is 0. The molecule has 33 heavy (non-hydrogen) atoms. The minimum atomic E-state index is -0.500. The number of esters is 1. The lowest BCUT2D eigenvalue weighted by Crippen LogP contribution is -2.55. The number of fused-ring (bicyclic) bond motifs is 3. The molecule has 7 nitrogen and oxygen atoms in total. The van der Waals surface area contributed by atoms with E-state index in [-0.39, 0.29) is 30.6 Å². The average molecular weight is 450 g/mol. The van der Waals surface area contributed by atoms with Crippen molar-refractivity contribution in [1.29, 1.82) is 0 Å². The number of nitrogens with one attached hydrogen (secondary N) is 3. The van der Waals surface area contributed by atoms with Gasteiger partial charge in [-0.2, -0.15) is 0 Å². The van der Waals surface area contributed by atoms with Crippen molar-refractivity contribution in [3.8, 4) is 0 Å². The van der Waals surface area contributed by atoms with Gasteiger partial charge in [-0.3, -0.25) is 10.1 Å². The van der Waals surface area contributed by atoms with Crippen molar-refractivity contribution in [2.24, 2.45) is 5.92 Å². The van der Waals surface area contributed by atoms with E-state index < -0.39 is 12.1 Å². The second-order valence-corrected chi connectivity index (χ2v) is 8.60. The molecule has 0 fully saturated rings. The zero-order valence-corrected chi connectivity index (χ0v) is 19.3. The number of hydrogen-bond acceptors (Lipinski definition) is 5. The van der Waals surface area contributed by atoms with Crippen LogP contribution < -0.4 is 10.6 Å². The number of carbonyl (C=O) groups excluding carboxylic acids is 2. The molecule has 1 amide bonds. The number of methoxy groups -OCH3 is 1. The maximum Gasteiger partial charge on any atom is 0.407 e. The van der Waals surface area contributed by atoms with E-state index in [1.807, 2.05) is 48.5 Å². The predicted octanol–water partition coefficient (Wildman–Crippen LogP) is 4.24. The Labute approximate surface area is 193 Å². The minimum Gasteiger partial charge on any atom is -0.468 e. The van der Waals surface area contributed by atoms with Gasteiger partial charge in [0, 0.05) is 23.0 Å². The lowest BCUT2D eigenvalue weighted by molar-refractivity contribution is -0.143. The van der Waals surface area contributed by atoms with Gasteiger partial charge in [-0.25, -0.2) is 4.79 Å². The Hall–Kier alpha value is -3.32. The summed E-state index contributed by atoms with van der Waals surface area (Å²) in [6.45, 7) is 4.37. The molecule has 3 N–H and O–H groups in total. The fourth-order valence-corrected chi connectivity index (χ4v) is 4.56. The van der Waals surface area contributed by atoms with Gasteiger partial charge in [0.15, 0.2) is 0 Å². The average Bonchev–Trinajstić information content (AvgIpc) is 3.24. The third-order valence-electron chi connectivity index (χ3n) is 6.55. The van der Waals surface area contributed by atoms with E-state index in [1.165, 1.54) is 7.11 Å². The largest absolute Gasteiger partial charge is 0.468 e. The fourth-order valence-electron chi connectivity index (χ4n) is 4.56. The molecule has 0 spiro atoms. The van der Waals surface area contributed by atoms with Crippen LogP contribution in [0.25, 0.3) is 10.9 Å². The van der Waals surface area contributed by atoms with Gasteiger partial charge in [-0.05, 0) is 23.1 Å². The van der Waals surface area contributed by atoms with Gasteiger partial charge in [0.1, 0.15) is 12.6 Å². The van der Waals surface area contributed by atoms with Crippen molar-refractivity contribution in [3.05, 3.63) is 71.4 Å². The van der Waals surface area contributed by atoms with Gasteiger partial charge in [-0.1, -0.05) is 68.8 Å². The molecule has 0 saturated carbocycles. The highest BCUT2D eigenvalue weighted by Crippen LogP contribution is 2.35. The molecular formula is C26H31N3O4. The van der Waals surface area contributed by atoms with Crippen LogP contribution in [0.2, 0.25) is 0 Å². The number of amides is 1. The molecule has 2 heterocycles. The summed E-state index contributed by atoms with van der Waals surface area (Å²) < 4.78 is 10.6. The van der Waals surface area contributed by atoms with Crippen LogP contribution in [-0.2, 0) is 27.3 Å². The van der Waals surface area contributed by atoms with Crippen LogP contribution in [0.15, 0.2) is 54.6 Å². The van der Waals surface area contributed by atoms with Crippen molar-refractivity contribution in [2.75, 3.05) is 7.11 Å². The van der Waals surface area contributed by atoms with Crippen molar-refractivity contribution in [1.82, 2.24) is 15.6 Å². The Morgan fingerprint density at radius 1 is 1.12 bits per heavy atom. The van der Waals surface area contributed by atoms with Gasteiger partial charge >= 0.3 is 12.1 Å². The molecule has 4 rings (SSSR count). The SMILES string of the molecule is CC[C@H](C)[C@H](NC(=O)OCc1ccccc1)[C@H]1N[C@H](C(=O)OC)Cc2c1[nH]c1ccccc21. The quantitative estimate of drug-likeness (QED) is 0.469. The summed E-state index contributed by atoms with van der Waals surface area (Å²) in [4.78, 5) is 28.8. The van der Waals surface area contributed by atoms with E-state index in [0.717, 1.165) is 34.1 Å². The molecule has 1 aliphatic heterocycles. The zero-order valence-electron chi connectivity index (χ0n) is 19.3. The number of para-hydroxylation sites is 1. The Morgan fingerprint density at radius 2 is 1.85 bits per heavy atom. The molecule has 0 saturated heterocycles. The lowest BCUT2D eigenvalue weighted by atomic mass is 9.84. The molecule has 1 aliphatic rings. The van der Waals surface area contributed by atoms with Gasteiger partial charge in [0.05, 0.1) is 19.2 Å². The van der Waals surface area contributed by atoms with E-state index in [2.05, 4.69) is 35.5 Å². The normalized spacial score (nSPS) is 19.4. The summed E-state index contributed by atoms with van der Waals surface area (Å²) in [5.74, 6) is -0.187. The molecular weight excluding hydrogens is 418 g/mol. The number of hydrogen-bond donors (Lipinski definition) is 3. The molecule has 0 radical (unpaired) electrons. The number of carbonyl (C=O) groups is 2. The maximum atomic E-state index is 12.8. The second kappa shape index (κ2) is 10.1. The molecule has 1 aromatic heterocycles. The highest BCUT2D eigenvalue weighted by molar-refractivity contribution is 5.87. The maximum absolute atomic E-state index is 12.8. The van der Waals surface area contributed by atoms with Gasteiger partial charge < -0.3 is 19.8 Å². The second-order valence-electron chi connectivity index (χ2n) is 8.60. The number of benzene rings is 2. The van der Waals surface area contributed by atoms with Crippen LogP contribution in [-0.4, -0.2) is 36.2 Å². The van der Waals surface area contributed by atoms with Gasteiger partial charge in [0.25, 0.3) is 0 Å². The van der Waals surface area contributed by atoms with Crippen LogP contribution in [0.4, 0.5) is 4.79 Å². The monoisotopic (exact) mass is 449 g/mol. The fraction of sp³-hybridized carbons (Fsp3) is 0.385. The van der Waals surface area contributed by atoms with Crippen molar-refractivity contribution < 1.29 is 19.1 Å². The first-order valence-electron chi connectivity index (χ1n) is 11.4. The predicted molar refractivity (Wildman–Crippen MR) is 127 cm³/mol. The van der Waals surface area contributed by atoms with E-state index in [1.54, 1.807) is 0 Å². The van der Waals surface area contributed by atoms with E-state index in [9.17, 15) is 9.59 Å². The summed E-state index contributed by atoms with van der Waals surface area (Å²) in [5.41, 5.74) is 4.00. The van der Waals surface area contributed by atoms with Crippen molar-refractivity contribution >= 4 is 23.0 Å². The van der Waals surface area contributed by atoms with Crippen molar-refractivity contribution in [2.45, 2.75) is 51.4 Å². The van der Waals surface area contributed by atoms with Crippen LogP contribution in [0.3, 0.4) is 0 Å². The first-order chi connectivity index (χ1) is 16.0. The number of H-pyrrole nitrogens is 1. The number of aromatic nitrogens is 1. The number of alkyl carbamates (subject to hydrolysis) is 1. The highest BCUT2D eigenvalue weighted by Gasteiger charge is 2.39. The first-order valence-corrected chi connectivity index (χ1v) is 11.4. The van der Waals surface area contributed by atoms with Crippen LogP contribution in [0, 0.1) is 5.92 Å². The van der Waals surface area contributed by atoms with Crippen molar-refractivity contribution in [3.63, 3.8) is 0 Å². The molecule has 0 bridgehead atoms. The number of rotatable bonds is 7. The Kier molecular flexibility index (Phi) is 6.99.